The molecule has 2 aromatic rings. The molecule has 0 bridgehead atoms. The maximum atomic E-state index is 13.5. The molecule has 0 saturated carbocycles. The van der Waals surface area contributed by atoms with Crippen molar-refractivity contribution in [3.05, 3.63) is 41.8 Å². The summed E-state index contributed by atoms with van der Waals surface area (Å²) in [5.74, 6) is -0.245. The van der Waals surface area contributed by atoms with Gasteiger partial charge in [0.1, 0.15) is 5.82 Å². The van der Waals surface area contributed by atoms with E-state index < -0.39 is 0 Å². The fourth-order valence-electron chi connectivity index (χ4n) is 3.93. The van der Waals surface area contributed by atoms with Crippen LogP contribution in [0.3, 0.4) is 0 Å². The third-order valence-electron chi connectivity index (χ3n) is 5.34. The van der Waals surface area contributed by atoms with E-state index in [1.807, 2.05) is 12.3 Å². The van der Waals surface area contributed by atoms with Crippen LogP contribution >= 0.6 is 0 Å². The van der Waals surface area contributed by atoms with Gasteiger partial charge in [-0.2, -0.15) is 5.10 Å². The molecule has 1 aromatic carbocycles. The summed E-state index contributed by atoms with van der Waals surface area (Å²) in [5, 5.41) is 17.2. The minimum Gasteiger partial charge on any atom is -0.389 e. The first kappa shape index (κ1) is 17.6. The zero-order valence-corrected chi connectivity index (χ0v) is 14.8. The van der Waals surface area contributed by atoms with Crippen molar-refractivity contribution >= 4 is 0 Å². The zero-order valence-electron chi connectivity index (χ0n) is 14.8. The van der Waals surface area contributed by atoms with Gasteiger partial charge in [0.05, 0.1) is 37.3 Å². The molecular formula is C19H25FN4O2. The maximum Gasteiger partial charge on any atom is 0.123 e. The summed E-state index contributed by atoms with van der Waals surface area (Å²) in [5.41, 5.74) is 2.78. The maximum absolute atomic E-state index is 13.5. The minimum atomic E-state index is -0.380. The van der Waals surface area contributed by atoms with Crippen LogP contribution in [0.25, 0.3) is 11.3 Å². The summed E-state index contributed by atoms with van der Waals surface area (Å²) in [6.07, 6.45) is 2.50. The number of H-pyrrole nitrogens is 1. The zero-order chi connectivity index (χ0) is 17.9. The molecule has 26 heavy (non-hydrogen) atoms. The van der Waals surface area contributed by atoms with Crippen molar-refractivity contribution in [2.75, 3.05) is 39.4 Å². The van der Waals surface area contributed by atoms with E-state index in [2.05, 4.69) is 20.0 Å². The molecule has 2 atom stereocenters. The van der Waals surface area contributed by atoms with Crippen molar-refractivity contribution in [3.8, 4) is 11.3 Å². The van der Waals surface area contributed by atoms with Crippen molar-refractivity contribution in [2.45, 2.75) is 25.1 Å². The third-order valence-corrected chi connectivity index (χ3v) is 5.34. The Labute approximate surface area is 152 Å². The Kier molecular flexibility index (Phi) is 5.31. The smallest absolute Gasteiger partial charge is 0.123 e. The average molecular weight is 360 g/mol. The highest BCUT2D eigenvalue weighted by atomic mass is 19.1. The van der Waals surface area contributed by atoms with E-state index in [1.165, 1.54) is 12.1 Å². The van der Waals surface area contributed by atoms with Gasteiger partial charge in [-0.05, 0) is 31.6 Å². The lowest BCUT2D eigenvalue weighted by molar-refractivity contribution is 0.0837. The van der Waals surface area contributed by atoms with Gasteiger partial charge in [-0.25, -0.2) is 4.39 Å². The number of rotatable bonds is 4. The highest BCUT2D eigenvalue weighted by Gasteiger charge is 2.32. The number of halogens is 1. The van der Waals surface area contributed by atoms with Gasteiger partial charge in [-0.1, -0.05) is 12.1 Å². The van der Waals surface area contributed by atoms with Crippen LogP contribution in [0.15, 0.2) is 30.5 Å². The highest BCUT2D eigenvalue weighted by molar-refractivity contribution is 5.62. The van der Waals surface area contributed by atoms with E-state index in [1.54, 1.807) is 6.07 Å². The molecule has 2 saturated heterocycles. The molecule has 6 nitrogen and oxygen atoms in total. The molecule has 140 valence electrons. The Morgan fingerprint density at radius 1 is 1.23 bits per heavy atom. The van der Waals surface area contributed by atoms with Gasteiger partial charge in [0, 0.05) is 30.8 Å². The summed E-state index contributed by atoms with van der Waals surface area (Å²) in [4.78, 5) is 4.75. The monoisotopic (exact) mass is 360 g/mol. The predicted octanol–water partition coefficient (Wildman–Crippen LogP) is 1.48. The van der Waals surface area contributed by atoms with E-state index >= 15 is 0 Å². The van der Waals surface area contributed by atoms with Gasteiger partial charge < -0.3 is 9.84 Å². The standard InChI is InChI=1S/C19H25FN4O2/c20-16-4-1-3-14(9-16)19-15(10-21-22-19)11-23-5-2-6-24(8-7-23)17-12-26-13-18(17)25/h1,3-4,9-10,17-18,25H,2,5-8,11-13H2,(H,21,22)/t17-,18-/m0/s1. The quantitative estimate of drug-likeness (QED) is 0.865. The first-order valence-corrected chi connectivity index (χ1v) is 9.21. The predicted molar refractivity (Wildman–Crippen MR) is 96.1 cm³/mol. The number of aromatic amines is 1. The Balaban J connectivity index is 1.42. The van der Waals surface area contributed by atoms with Gasteiger partial charge >= 0.3 is 0 Å². The Morgan fingerprint density at radius 2 is 2.15 bits per heavy atom. The van der Waals surface area contributed by atoms with Crippen LogP contribution in [-0.2, 0) is 11.3 Å². The molecule has 0 unspecified atom stereocenters. The minimum absolute atomic E-state index is 0.117. The van der Waals surface area contributed by atoms with Crippen LogP contribution in [0.5, 0.6) is 0 Å². The van der Waals surface area contributed by atoms with E-state index in [9.17, 15) is 9.50 Å². The Morgan fingerprint density at radius 3 is 2.96 bits per heavy atom. The molecule has 0 radical (unpaired) electrons. The molecule has 2 aliphatic rings. The van der Waals surface area contributed by atoms with Gasteiger partial charge in [0.25, 0.3) is 0 Å². The van der Waals surface area contributed by atoms with Crippen LogP contribution in [0.4, 0.5) is 4.39 Å². The Bertz CT molecular complexity index is 738. The second-order valence-corrected chi connectivity index (χ2v) is 7.12. The van der Waals surface area contributed by atoms with Gasteiger partial charge in [0.2, 0.25) is 0 Å². The summed E-state index contributed by atoms with van der Waals surface area (Å²) >= 11 is 0. The molecule has 7 heteroatoms. The molecule has 0 aliphatic carbocycles. The largest absolute Gasteiger partial charge is 0.389 e. The first-order valence-electron chi connectivity index (χ1n) is 9.21. The lowest BCUT2D eigenvalue weighted by Crippen LogP contribution is -2.44. The molecule has 3 heterocycles. The van der Waals surface area contributed by atoms with E-state index in [-0.39, 0.29) is 18.0 Å². The summed E-state index contributed by atoms with van der Waals surface area (Å²) < 4.78 is 18.9. The van der Waals surface area contributed by atoms with Crippen LogP contribution in [0, 0.1) is 5.82 Å². The fraction of sp³-hybridized carbons (Fsp3) is 0.526. The van der Waals surface area contributed by atoms with Crippen LogP contribution in [-0.4, -0.2) is 76.6 Å². The van der Waals surface area contributed by atoms with Crippen LogP contribution < -0.4 is 0 Å². The number of nitrogens with one attached hydrogen (secondary N) is 1. The molecule has 2 fully saturated rings. The number of ether oxygens (including phenoxy) is 1. The number of aliphatic hydroxyl groups excluding tert-OH is 1. The summed E-state index contributed by atoms with van der Waals surface area (Å²) in [6, 6.07) is 6.71. The van der Waals surface area contributed by atoms with Crippen molar-refractivity contribution in [3.63, 3.8) is 0 Å². The van der Waals surface area contributed by atoms with E-state index in [4.69, 9.17) is 4.74 Å². The number of aliphatic hydroxyl groups is 1. The number of benzene rings is 1. The molecular weight excluding hydrogens is 335 g/mol. The van der Waals surface area contributed by atoms with Crippen molar-refractivity contribution in [1.82, 2.24) is 20.0 Å². The fourth-order valence-corrected chi connectivity index (χ4v) is 3.93. The number of aromatic nitrogens is 2. The number of hydrogen-bond acceptors (Lipinski definition) is 5. The number of nitrogens with zero attached hydrogens (tertiary/aromatic N) is 3. The van der Waals surface area contributed by atoms with E-state index in [0.29, 0.717) is 13.2 Å². The summed E-state index contributed by atoms with van der Waals surface area (Å²) in [6.45, 7) is 5.65. The van der Waals surface area contributed by atoms with Gasteiger partial charge in [-0.15, -0.1) is 0 Å². The van der Waals surface area contributed by atoms with Crippen LogP contribution in [0.1, 0.15) is 12.0 Å². The molecule has 4 rings (SSSR count). The second kappa shape index (κ2) is 7.84. The average Bonchev–Trinajstić information content (AvgIpc) is 3.20. The van der Waals surface area contributed by atoms with E-state index in [0.717, 1.165) is 56.0 Å². The molecule has 1 aromatic heterocycles. The molecule has 2 N–H and O–H groups in total. The van der Waals surface area contributed by atoms with Gasteiger partial charge in [-0.3, -0.25) is 14.9 Å². The van der Waals surface area contributed by atoms with Crippen molar-refractivity contribution < 1.29 is 14.2 Å². The lowest BCUT2D eigenvalue weighted by atomic mass is 10.1. The SMILES string of the molecule is O[C@H]1COC[C@@H]1N1CCCN(Cc2cn[nH]c2-c2cccc(F)c2)CC1. The van der Waals surface area contributed by atoms with Crippen LogP contribution in [0.2, 0.25) is 0 Å². The van der Waals surface area contributed by atoms with Gasteiger partial charge in [0.15, 0.2) is 0 Å². The topological polar surface area (TPSA) is 64.6 Å². The first-order chi connectivity index (χ1) is 12.7. The lowest BCUT2D eigenvalue weighted by Gasteiger charge is -2.28. The normalized spacial score (nSPS) is 25.5. The molecule has 0 amide bonds. The van der Waals surface area contributed by atoms with Crippen molar-refractivity contribution in [2.24, 2.45) is 0 Å². The van der Waals surface area contributed by atoms with Crippen molar-refractivity contribution in [1.29, 1.82) is 0 Å². The molecule has 0 spiro atoms. The third kappa shape index (κ3) is 3.81. The molecule has 2 aliphatic heterocycles. The highest BCUT2D eigenvalue weighted by Crippen LogP contribution is 2.24. The Hall–Kier alpha value is -1.80. The number of hydrogen-bond donors (Lipinski definition) is 2. The second-order valence-electron chi connectivity index (χ2n) is 7.12. The summed E-state index contributed by atoms with van der Waals surface area (Å²) in [7, 11) is 0.